The Kier molecular flexibility index (Phi) is 4.95. The third-order valence-corrected chi connectivity index (χ3v) is 4.02. The van der Waals surface area contributed by atoms with Crippen LogP contribution in [0.15, 0.2) is 65.5 Å². The number of aromatic nitrogens is 2. The van der Waals surface area contributed by atoms with Crippen molar-refractivity contribution < 1.29 is 4.79 Å². The van der Waals surface area contributed by atoms with E-state index >= 15 is 0 Å². The van der Waals surface area contributed by atoms with Crippen LogP contribution in [0.1, 0.15) is 21.7 Å². The second kappa shape index (κ2) is 7.32. The molecule has 0 aliphatic carbocycles. The van der Waals surface area contributed by atoms with Gasteiger partial charge in [-0.15, -0.1) is 0 Å². The van der Waals surface area contributed by atoms with E-state index in [1.165, 1.54) is 10.7 Å². The average molecular weight is 354 g/mol. The number of halogens is 1. The van der Waals surface area contributed by atoms with Crippen molar-refractivity contribution in [3.63, 3.8) is 0 Å². The van der Waals surface area contributed by atoms with E-state index in [4.69, 9.17) is 11.6 Å². The zero-order valence-electron chi connectivity index (χ0n) is 13.6. The first-order valence-electron chi connectivity index (χ1n) is 7.74. The molecule has 3 aromatic rings. The molecule has 1 amide bonds. The van der Waals surface area contributed by atoms with Gasteiger partial charge in [0.05, 0.1) is 10.7 Å². The number of rotatable bonds is 4. The molecule has 0 spiro atoms. The predicted molar refractivity (Wildman–Crippen MR) is 97.2 cm³/mol. The van der Waals surface area contributed by atoms with Crippen molar-refractivity contribution in [2.45, 2.75) is 13.5 Å². The first kappa shape index (κ1) is 16.9. The van der Waals surface area contributed by atoms with Gasteiger partial charge in [0.15, 0.2) is 5.69 Å². The van der Waals surface area contributed by atoms with Crippen LogP contribution in [0.4, 0.5) is 0 Å². The molecule has 0 unspecified atom stereocenters. The summed E-state index contributed by atoms with van der Waals surface area (Å²) in [7, 11) is 0. The molecule has 0 saturated heterocycles. The van der Waals surface area contributed by atoms with Gasteiger partial charge >= 0.3 is 0 Å². The molecule has 0 aliphatic rings. The van der Waals surface area contributed by atoms with Crippen molar-refractivity contribution in [1.29, 1.82) is 0 Å². The highest BCUT2D eigenvalue weighted by Gasteiger charge is 2.16. The Morgan fingerprint density at radius 1 is 1.12 bits per heavy atom. The van der Waals surface area contributed by atoms with Gasteiger partial charge in [-0.3, -0.25) is 9.59 Å². The van der Waals surface area contributed by atoms with Crippen LogP contribution in [0.2, 0.25) is 5.02 Å². The quantitative estimate of drug-likeness (QED) is 0.783. The summed E-state index contributed by atoms with van der Waals surface area (Å²) in [5, 5.41) is 7.43. The van der Waals surface area contributed by atoms with Crippen LogP contribution < -0.4 is 10.7 Å². The fourth-order valence-electron chi connectivity index (χ4n) is 2.43. The summed E-state index contributed by atoms with van der Waals surface area (Å²) in [6.45, 7) is 2.06. The molecule has 0 atom stereocenters. The topological polar surface area (TPSA) is 64.0 Å². The third kappa shape index (κ3) is 3.78. The summed E-state index contributed by atoms with van der Waals surface area (Å²) in [6.07, 6.45) is 0. The normalized spacial score (nSPS) is 10.5. The molecular formula is C19H16ClN3O2. The molecule has 0 fully saturated rings. The molecule has 5 nitrogen and oxygen atoms in total. The Hall–Kier alpha value is -2.92. The van der Waals surface area contributed by atoms with Gasteiger partial charge in [-0.05, 0) is 24.6 Å². The fourth-order valence-corrected chi connectivity index (χ4v) is 2.65. The minimum Gasteiger partial charge on any atom is -0.346 e. The van der Waals surface area contributed by atoms with E-state index in [9.17, 15) is 9.59 Å². The lowest BCUT2D eigenvalue weighted by molar-refractivity contribution is 0.0943. The van der Waals surface area contributed by atoms with Crippen molar-refractivity contribution in [2.75, 3.05) is 0 Å². The number of carbonyl (C=O) groups excluding carboxylic acids is 1. The summed E-state index contributed by atoms with van der Waals surface area (Å²) >= 11 is 6.20. The monoisotopic (exact) mass is 353 g/mol. The lowest BCUT2D eigenvalue weighted by Gasteiger charge is -2.12. The first-order valence-corrected chi connectivity index (χ1v) is 8.12. The Bertz CT molecular complexity index is 968. The maximum absolute atomic E-state index is 12.4. The second-order valence-corrected chi connectivity index (χ2v) is 5.94. The molecule has 1 aromatic heterocycles. The van der Waals surface area contributed by atoms with Gasteiger partial charge in [0, 0.05) is 18.3 Å². The fraction of sp³-hybridized carbons (Fsp3) is 0.105. The van der Waals surface area contributed by atoms with Crippen molar-refractivity contribution >= 4 is 17.5 Å². The number of nitrogens with one attached hydrogen (secondary N) is 1. The molecular weight excluding hydrogens is 338 g/mol. The Morgan fingerprint density at radius 2 is 1.80 bits per heavy atom. The standard InChI is InChI=1S/C19H16ClN3O2/c1-13-11-17(24)18(19(25)21-12-14-7-3-2-4-8-14)22-23(13)16-10-6-5-9-15(16)20/h2-11H,12H2,1H3,(H,21,25). The van der Waals surface area contributed by atoms with E-state index in [-0.39, 0.29) is 5.69 Å². The number of benzene rings is 2. The average Bonchev–Trinajstić information content (AvgIpc) is 2.61. The zero-order valence-corrected chi connectivity index (χ0v) is 14.3. The molecule has 1 N–H and O–H groups in total. The Morgan fingerprint density at radius 3 is 2.52 bits per heavy atom. The van der Waals surface area contributed by atoms with Gasteiger partial charge in [-0.2, -0.15) is 5.10 Å². The van der Waals surface area contributed by atoms with Gasteiger partial charge < -0.3 is 5.32 Å². The molecule has 0 radical (unpaired) electrons. The van der Waals surface area contributed by atoms with Crippen molar-refractivity contribution in [3.05, 3.63) is 92.9 Å². The number of amides is 1. The van der Waals surface area contributed by atoms with E-state index in [2.05, 4.69) is 10.4 Å². The van der Waals surface area contributed by atoms with Crippen LogP contribution in [0, 0.1) is 6.92 Å². The summed E-state index contributed by atoms with van der Waals surface area (Å²) in [5.74, 6) is -0.519. The second-order valence-electron chi connectivity index (χ2n) is 5.53. The molecule has 0 saturated carbocycles. The minimum absolute atomic E-state index is 0.165. The highest BCUT2D eigenvalue weighted by atomic mass is 35.5. The molecule has 6 heteroatoms. The molecule has 0 aliphatic heterocycles. The summed E-state index contributed by atoms with van der Waals surface area (Å²) in [6, 6.07) is 18.0. The van der Waals surface area contributed by atoms with E-state index in [1.807, 2.05) is 36.4 Å². The van der Waals surface area contributed by atoms with Crippen LogP contribution in [0.25, 0.3) is 5.69 Å². The maximum atomic E-state index is 12.4. The number of aryl methyl sites for hydroxylation is 1. The van der Waals surface area contributed by atoms with Gasteiger partial charge in [-0.1, -0.05) is 54.1 Å². The van der Waals surface area contributed by atoms with Gasteiger partial charge in [0.25, 0.3) is 5.91 Å². The highest BCUT2D eigenvalue weighted by Crippen LogP contribution is 2.19. The van der Waals surface area contributed by atoms with Gasteiger partial charge in [0.1, 0.15) is 0 Å². The van der Waals surface area contributed by atoms with Crippen LogP contribution in [0.3, 0.4) is 0 Å². The van der Waals surface area contributed by atoms with Crippen molar-refractivity contribution in [2.24, 2.45) is 0 Å². The van der Waals surface area contributed by atoms with Crippen LogP contribution >= 0.6 is 11.6 Å². The molecule has 3 rings (SSSR count). The number of carbonyl (C=O) groups is 1. The number of hydrogen-bond donors (Lipinski definition) is 1. The smallest absolute Gasteiger partial charge is 0.276 e. The largest absolute Gasteiger partial charge is 0.346 e. The van der Waals surface area contributed by atoms with E-state index in [0.29, 0.717) is 22.9 Å². The van der Waals surface area contributed by atoms with Gasteiger partial charge in [0.2, 0.25) is 5.43 Å². The first-order chi connectivity index (χ1) is 12.1. The minimum atomic E-state index is -0.519. The lowest BCUT2D eigenvalue weighted by atomic mass is 10.2. The van der Waals surface area contributed by atoms with Crippen LogP contribution in [0.5, 0.6) is 0 Å². The third-order valence-electron chi connectivity index (χ3n) is 3.70. The summed E-state index contributed by atoms with van der Waals surface area (Å²) in [4.78, 5) is 24.6. The number of nitrogens with zero attached hydrogens (tertiary/aromatic N) is 2. The molecule has 1 heterocycles. The molecule has 0 bridgehead atoms. The molecule has 2 aromatic carbocycles. The van der Waals surface area contributed by atoms with Gasteiger partial charge in [-0.25, -0.2) is 4.68 Å². The predicted octanol–water partition coefficient (Wildman–Crippen LogP) is 3.12. The van der Waals surface area contributed by atoms with Crippen molar-refractivity contribution in [3.8, 4) is 5.69 Å². The zero-order chi connectivity index (χ0) is 17.8. The molecule has 25 heavy (non-hydrogen) atoms. The number of para-hydroxylation sites is 1. The van der Waals surface area contributed by atoms with E-state index in [0.717, 1.165) is 5.56 Å². The maximum Gasteiger partial charge on any atom is 0.276 e. The summed E-state index contributed by atoms with van der Waals surface area (Å²) in [5.41, 5.74) is 1.55. The van der Waals surface area contributed by atoms with E-state index in [1.54, 1.807) is 25.1 Å². The highest BCUT2D eigenvalue weighted by molar-refractivity contribution is 6.32. The lowest BCUT2D eigenvalue weighted by Crippen LogP contribution is -2.31. The Labute approximate surface area is 149 Å². The van der Waals surface area contributed by atoms with Crippen LogP contribution in [-0.4, -0.2) is 15.7 Å². The summed E-state index contributed by atoms with van der Waals surface area (Å²) < 4.78 is 1.50. The van der Waals surface area contributed by atoms with Crippen molar-refractivity contribution in [1.82, 2.24) is 15.1 Å². The molecule has 126 valence electrons. The van der Waals surface area contributed by atoms with E-state index < -0.39 is 11.3 Å². The SMILES string of the molecule is Cc1cc(=O)c(C(=O)NCc2ccccc2)nn1-c1ccccc1Cl. The van der Waals surface area contributed by atoms with Crippen LogP contribution in [-0.2, 0) is 6.54 Å². The number of hydrogen-bond acceptors (Lipinski definition) is 3. The Balaban J connectivity index is 1.91.